The highest BCUT2D eigenvalue weighted by atomic mass is 35.5. The molecule has 1 saturated carbocycles. The van der Waals surface area contributed by atoms with Crippen LogP contribution in [0.5, 0.6) is 0 Å². The number of carbonyl (C=O) groups is 1. The van der Waals surface area contributed by atoms with Crippen LogP contribution in [-0.4, -0.2) is 42.5 Å². The van der Waals surface area contributed by atoms with Crippen molar-refractivity contribution in [3.63, 3.8) is 0 Å². The van der Waals surface area contributed by atoms with Crippen LogP contribution in [-0.2, 0) is 16.6 Å². The first-order chi connectivity index (χ1) is 11.6. The Hall–Kier alpha value is -1.11. The molecule has 1 aliphatic carbocycles. The van der Waals surface area contributed by atoms with Crippen molar-refractivity contribution in [2.45, 2.75) is 50.9 Å². The average molecular weight is 371 g/mol. The Morgan fingerprint density at radius 1 is 1.36 bits per heavy atom. The zero-order chi connectivity index (χ0) is 17.0. The lowest BCUT2D eigenvalue weighted by molar-refractivity contribution is -0.130. The first-order valence-electron chi connectivity index (χ1n) is 9.20. The SMILES string of the molecule is COCC1(C(=O)Nc2cc(C3CCCCC3)nn2C)CCNCC1.Cl. The van der Waals surface area contributed by atoms with E-state index >= 15 is 0 Å². The minimum absolute atomic E-state index is 0. The highest BCUT2D eigenvalue weighted by Gasteiger charge is 2.40. The molecule has 7 heteroatoms. The molecule has 0 spiro atoms. The number of anilines is 1. The molecule has 2 aliphatic rings. The van der Waals surface area contributed by atoms with Gasteiger partial charge in [-0.1, -0.05) is 19.3 Å². The number of hydrogen-bond acceptors (Lipinski definition) is 4. The fourth-order valence-electron chi connectivity index (χ4n) is 4.07. The van der Waals surface area contributed by atoms with E-state index in [1.54, 1.807) is 7.11 Å². The number of amides is 1. The van der Waals surface area contributed by atoms with Gasteiger partial charge in [-0.25, -0.2) is 0 Å². The Morgan fingerprint density at radius 3 is 2.68 bits per heavy atom. The lowest BCUT2D eigenvalue weighted by Crippen LogP contribution is -2.47. The number of halogens is 1. The summed E-state index contributed by atoms with van der Waals surface area (Å²) in [5.41, 5.74) is 0.688. The van der Waals surface area contributed by atoms with Crippen molar-refractivity contribution < 1.29 is 9.53 Å². The zero-order valence-electron chi connectivity index (χ0n) is 15.3. The summed E-state index contributed by atoms with van der Waals surface area (Å²) in [6.07, 6.45) is 7.94. The van der Waals surface area contributed by atoms with Gasteiger partial charge in [-0.05, 0) is 38.8 Å². The van der Waals surface area contributed by atoms with Gasteiger partial charge in [0.05, 0.1) is 17.7 Å². The molecule has 2 heterocycles. The van der Waals surface area contributed by atoms with Crippen LogP contribution in [0.15, 0.2) is 6.07 Å². The van der Waals surface area contributed by atoms with E-state index in [1.165, 1.54) is 32.1 Å². The first-order valence-corrected chi connectivity index (χ1v) is 9.20. The minimum Gasteiger partial charge on any atom is -0.384 e. The molecule has 0 atom stereocenters. The van der Waals surface area contributed by atoms with Gasteiger partial charge in [0.25, 0.3) is 0 Å². The third-order valence-corrected chi connectivity index (χ3v) is 5.63. The van der Waals surface area contributed by atoms with Crippen molar-refractivity contribution in [3.8, 4) is 0 Å². The molecule has 1 saturated heterocycles. The van der Waals surface area contributed by atoms with Crippen molar-refractivity contribution in [1.82, 2.24) is 15.1 Å². The maximum Gasteiger partial charge on any atom is 0.234 e. The smallest absolute Gasteiger partial charge is 0.234 e. The Labute approximate surface area is 156 Å². The van der Waals surface area contributed by atoms with E-state index < -0.39 is 5.41 Å². The van der Waals surface area contributed by atoms with Gasteiger partial charge in [0.2, 0.25) is 5.91 Å². The van der Waals surface area contributed by atoms with Crippen molar-refractivity contribution in [1.29, 1.82) is 0 Å². The first kappa shape index (κ1) is 20.2. The van der Waals surface area contributed by atoms with E-state index in [4.69, 9.17) is 4.74 Å². The Balaban J connectivity index is 0.00000225. The number of aromatic nitrogens is 2. The van der Waals surface area contributed by atoms with E-state index in [2.05, 4.69) is 21.8 Å². The van der Waals surface area contributed by atoms with Crippen molar-refractivity contribution in [3.05, 3.63) is 11.8 Å². The van der Waals surface area contributed by atoms with Crippen molar-refractivity contribution in [2.75, 3.05) is 32.1 Å². The van der Waals surface area contributed by atoms with Crippen molar-refractivity contribution in [2.24, 2.45) is 12.5 Å². The third kappa shape index (κ3) is 4.54. The number of piperidine rings is 1. The summed E-state index contributed by atoms with van der Waals surface area (Å²) in [5.74, 6) is 1.40. The molecule has 1 amide bonds. The molecule has 1 aliphatic heterocycles. The molecule has 0 unspecified atom stereocenters. The average Bonchev–Trinajstić information content (AvgIpc) is 2.97. The molecule has 1 aromatic heterocycles. The summed E-state index contributed by atoms with van der Waals surface area (Å²) >= 11 is 0. The maximum atomic E-state index is 13.0. The quantitative estimate of drug-likeness (QED) is 0.836. The number of nitrogens with zero attached hydrogens (tertiary/aromatic N) is 2. The van der Waals surface area contributed by atoms with Crippen LogP contribution in [0.3, 0.4) is 0 Å². The maximum absolute atomic E-state index is 13.0. The third-order valence-electron chi connectivity index (χ3n) is 5.63. The van der Waals surface area contributed by atoms with Gasteiger partial charge < -0.3 is 15.4 Å². The van der Waals surface area contributed by atoms with Gasteiger partial charge in [0.15, 0.2) is 0 Å². The largest absolute Gasteiger partial charge is 0.384 e. The predicted molar refractivity (Wildman–Crippen MR) is 101 cm³/mol. The van der Waals surface area contributed by atoms with Crippen LogP contribution in [0.2, 0.25) is 0 Å². The summed E-state index contributed by atoms with van der Waals surface area (Å²) in [6.45, 7) is 2.18. The molecular weight excluding hydrogens is 340 g/mol. The van der Waals surface area contributed by atoms with Gasteiger partial charge in [-0.15, -0.1) is 12.4 Å². The van der Waals surface area contributed by atoms with Gasteiger partial charge in [-0.2, -0.15) is 5.10 Å². The van der Waals surface area contributed by atoms with E-state index in [0.29, 0.717) is 12.5 Å². The van der Waals surface area contributed by atoms with Crippen LogP contribution < -0.4 is 10.6 Å². The number of nitrogens with one attached hydrogen (secondary N) is 2. The van der Waals surface area contributed by atoms with Crippen LogP contribution >= 0.6 is 12.4 Å². The number of carbonyl (C=O) groups excluding carboxylic acids is 1. The van der Waals surface area contributed by atoms with Gasteiger partial charge in [-0.3, -0.25) is 9.48 Å². The molecule has 2 fully saturated rings. The standard InChI is InChI=1S/C18H30N4O2.ClH/c1-22-16(12-15(21-22)14-6-4-3-5-7-14)20-17(23)18(13-24-2)8-10-19-11-9-18;/h12,14,19H,3-11,13H2,1-2H3,(H,20,23);1H. The second-order valence-electron chi connectivity index (χ2n) is 7.33. The molecule has 142 valence electrons. The van der Waals surface area contributed by atoms with Gasteiger partial charge in [0.1, 0.15) is 5.82 Å². The summed E-state index contributed by atoms with van der Waals surface area (Å²) in [5, 5.41) is 11.1. The topological polar surface area (TPSA) is 68.2 Å². The van der Waals surface area contributed by atoms with Crippen LogP contribution in [0.4, 0.5) is 5.82 Å². The molecule has 25 heavy (non-hydrogen) atoms. The molecule has 1 aromatic rings. The van der Waals surface area contributed by atoms with Crippen molar-refractivity contribution >= 4 is 24.1 Å². The highest BCUT2D eigenvalue weighted by Crippen LogP contribution is 2.34. The fraction of sp³-hybridized carbons (Fsp3) is 0.778. The summed E-state index contributed by atoms with van der Waals surface area (Å²) in [4.78, 5) is 13.0. The van der Waals surface area contributed by atoms with Gasteiger partial charge in [0, 0.05) is 26.1 Å². The van der Waals surface area contributed by atoms with E-state index in [-0.39, 0.29) is 18.3 Å². The molecule has 6 nitrogen and oxygen atoms in total. The van der Waals surface area contributed by atoms with Crippen LogP contribution in [0, 0.1) is 5.41 Å². The molecular formula is C18H31ClN4O2. The number of rotatable bonds is 5. The monoisotopic (exact) mass is 370 g/mol. The number of methoxy groups -OCH3 is 1. The molecule has 0 aromatic carbocycles. The molecule has 0 bridgehead atoms. The zero-order valence-corrected chi connectivity index (χ0v) is 16.2. The minimum atomic E-state index is -0.435. The molecule has 2 N–H and O–H groups in total. The Bertz CT molecular complexity index is 558. The molecule has 3 rings (SSSR count). The van der Waals surface area contributed by atoms with E-state index in [9.17, 15) is 4.79 Å². The second-order valence-corrected chi connectivity index (χ2v) is 7.33. The lowest BCUT2D eigenvalue weighted by Gasteiger charge is -2.35. The van der Waals surface area contributed by atoms with Crippen LogP contribution in [0.25, 0.3) is 0 Å². The fourth-order valence-corrected chi connectivity index (χ4v) is 4.07. The predicted octanol–water partition coefficient (Wildman–Crippen LogP) is 2.84. The van der Waals surface area contributed by atoms with Crippen LogP contribution in [0.1, 0.15) is 56.6 Å². The Morgan fingerprint density at radius 2 is 2.04 bits per heavy atom. The van der Waals surface area contributed by atoms with Gasteiger partial charge >= 0.3 is 0 Å². The summed E-state index contributed by atoms with van der Waals surface area (Å²) in [6, 6.07) is 2.06. The summed E-state index contributed by atoms with van der Waals surface area (Å²) < 4.78 is 7.17. The number of hydrogen-bond donors (Lipinski definition) is 2. The van der Waals surface area contributed by atoms with E-state index in [1.807, 2.05) is 11.7 Å². The highest BCUT2D eigenvalue weighted by molar-refractivity contribution is 5.95. The second kappa shape index (κ2) is 9.01. The molecule has 0 radical (unpaired) electrons. The number of aryl methyl sites for hydroxylation is 1. The lowest BCUT2D eigenvalue weighted by atomic mass is 9.78. The number of ether oxygens (including phenoxy) is 1. The summed E-state index contributed by atoms with van der Waals surface area (Å²) in [7, 11) is 3.58. The van der Waals surface area contributed by atoms with E-state index in [0.717, 1.165) is 37.4 Å². The normalized spacial score (nSPS) is 20.7. The Kier molecular flexibility index (Phi) is 7.28.